The second-order valence-corrected chi connectivity index (χ2v) is 8.35. The molecular formula is C18H23N3O2S. The fourth-order valence-corrected chi connectivity index (χ4v) is 5.07. The van der Waals surface area contributed by atoms with Crippen LogP contribution in [0.3, 0.4) is 0 Å². The molecule has 0 aliphatic carbocycles. The van der Waals surface area contributed by atoms with E-state index >= 15 is 0 Å². The van der Waals surface area contributed by atoms with E-state index in [0.717, 1.165) is 49.6 Å². The number of hydrogen-bond donors (Lipinski definition) is 2. The van der Waals surface area contributed by atoms with E-state index in [1.165, 1.54) is 18.2 Å². The number of carbonyl (C=O) groups is 2. The smallest absolute Gasteiger partial charge is 0.238 e. The molecule has 1 unspecified atom stereocenters. The summed E-state index contributed by atoms with van der Waals surface area (Å²) in [7, 11) is 0. The van der Waals surface area contributed by atoms with Gasteiger partial charge in [-0.15, -0.1) is 11.8 Å². The summed E-state index contributed by atoms with van der Waals surface area (Å²) in [5, 5.41) is 6.04. The van der Waals surface area contributed by atoms with Crippen LogP contribution in [0.15, 0.2) is 29.2 Å². The highest BCUT2D eigenvalue weighted by molar-refractivity contribution is 8.01. The lowest BCUT2D eigenvalue weighted by atomic mass is 9.78. The Bertz CT molecular complexity index is 647. The van der Waals surface area contributed by atoms with Gasteiger partial charge in [-0.25, -0.2) is 0 Å². The number of hydrogen-bond acceptors (Lipinski definition) is 4. The van der Waals surface area contributed by atoms with Crippen molar-refractivity contribution in [3.05, 3.63) is 24.3 Å². The Labute approximate surface area is 146 Å². The first kappa shape index (κ1) is 16.0. The molecule has 6 heteroatoms. The lowest BCUT2D eigenvalue weighted by Gasteiger charge is -2.39. The first-order valence-electron chi connectivity index (χ1n) is 8.70. The van der Waals surface area contributed by atoms with Crippen LogP contribution in [0.1, 0.15) is 25.7 Å². The van der Waals surface area contributed by atoms with Gasteiger partial charge in [-0.1, -0.05) is 12.1 Å². The molecule has 2 saturated heterocycles. The molecule has 0 bridgehead atoms. The molecule has 1 aromatic rings. The average molecular weight is 345 g/mol. The van der Waals surface area contributed by atoms with Gasteiger partial charge in [0.15, 0.2) is 0 Å². The number of rotatable bonds is 2. The molecule has 0 aromatic heterocycles. The molecule has 128 valence electrons. The maximum Gasteiger partial charge on any atom is 0.238 e. The van der Waals surface area contributed by atoms with Gasteiger partial charge in [-0.2, -0.15) is 0 Å². The molecule has 1 aromatic carbocycles. The Morgan fingerprint density at radius 1 is 1.25 bits per heavy atom. The van der Waals surface area contributed by atoms with Crippen LogP contribution in [0.25, 0.3) is 0 Å². The zero-order valence-corrected chi connectivity index (χ0v) is 14.5. The lowest BCUT2D eigenvalue weighted by molar-refractivity contribution is -0.134. The van der Waals surface area contributed by atoms with Crippen molar-refractivity contribution in [2.75, 3.05) is 31.5 Å². The Morgan fingerprint density at radius 3 is 2.79 bits per heavy atom. The second-order valence-electron chi connectivity index (χ2n) is 7.10. The molecule has 1 atom stereocenters. The minimum absolute atomic E-state index is 0.0551. The number of nitrogens with one attached hydrogen (secondary N) is 2. The number of amides is 2. The number of piperidine rings is 1. The normalized spacial score (nSPS) is 25.4. The van der Waals surface area contributed by atoms with Crippen LogP contribution in [-0.4, -0.2) is 48.1 Å². The van der Waals surface area contributed by atoms with Crippen molar-refractivity contribution in [3.8, 4) is 0 Å². The summed E-state index contributed by atoms with van der Waals surface area (Å²) in [5.41, 5.74) is 1.26. The van der Waals surface area contributed by atoms with Gasteiger partial charge < -0.3 is 15.5 Å². The van der Waals surface area contributed by atoms with Gasteiger partial charge in [0.25, 0.3) is 0 Å². The van der Waals surface area contributed by atoms with E-state index in [1.807, 2.05) is 29.2 Å². The van der Waals surface area contributed by atoms with Gasteiger partial charge in [0, 0.05) is 31.0 Å². The lowest BCUT2D eigenvalue weighted by Crippen LogP contribution is -2.45. The molecule has 3 aliphatic heterocycles. The van der Waals surface area contributed by atoms with Crippen LogP contribution in [0.5, 0.6) is 0 Å². The van der Waals surface area contributed by atoms with E-state index in [9.17, 15) is 9.59 Å². The summed E-state index contributed by atoms with van der Waals surface area (Å²) in [6.07, 6.45) is 3.68. The number of anilines is 1. The van der Waals surface area contributed by atoms with Crippen LogP contribution in [0, 0.1) is 5.41 Å². The molecule has 0 saturated carbocycles. The van der Waals surface area contributed by atoms with Gasteiger partial charge in [0.2, 0.25) is 11.8 Å². The molecule has 0 radical (unpaired) electrons. The van der Waals surface area contributed by atoms with Crippen molar-refractivity contribution in [3.63, 3.8) is 0 Å². The molecule has 2 N–H and O–H groups in total. The number of carbonyl (C=O) groups excluding carboxylic acids is 2. The van der Waals surface area contributed by atoms with Crippen LogP contribution < -0.4 is 10.6 Å². The van der Waals surface area contributed by atoms with Crippen LogP contribution in [-0.2, 0) is 9.59 Å². The first-order valence-corrected chi connectivity index (χ1v) is 9.58. The molecular weight excluding hydrogens is 322 g/mol. The quantitative estimate of drug-likeness (QED) is 0.862. The van der Waals surface area contributed by atoms with Crippen molar-refractivity contribution in [2.24, 2.45) is 5.41 Å². The standard InChI is InChI=1S/C18H23N3O2S/c22-16(21-9-6-18(7-10-21)5-8-19-12-18)11-15-17(23)20-13-3-1-2-4-14(13)24-15/h1-4,15,19H,5-12H2,(H,20,23). The van der Waals surface area contributed by atoms with Gasteiger partial charge in [-0.05, 0) is 43.4 Å². The van der Waals surface area contributed by atoms with Crippen molar-refractivity contribution < 1.29 is 9.59 Å². The highest BCUT2D eigenvalue weighted by Crippen LogP contribution is 2.39. The third kappa shape index (κ3) is 3.05. The molecule has 2 amide bonds. The summed E-state index contributed by atoms with van der Waals surface area (Å²) in [5.74, 6) is 0.0587. The highest BCUT2D eigenvalue weighted by atomic mass is 32.2. The number of fused-ring (bicyclic) bond motifs is 1. The average Bonchev–Trinajstić information content (AvgIpc) is 3.04. The summed E-state index contributed by atoms with van der Waals surface area (Å²) in [4.78, 5) is 27.9. The van der Waals surface area contributed by atoms with Gasteiger partial charge in [-0.3, -0.25) is 9.59 Å². The molecule has 24 heavy (non-hydrogen) atoms. The summed E-state index contributed by atoms with van der Waals surface area (Å²) < 4.78 is 0. The summed E-state index contributed by atoms with van der Waals surface area (Å²) >= 11 is 1.51. The minimum Gasteiger partial charge on any atom is -0.343 e. The predicted molar refractivity (Wildman–Crippen MR) is 95.1 cm³/mol. The molecule has 1 spiro atoms. The van der Waals surface area contributed by atoms with Crippen LogP contribution >= 0.6 is 11.8 Å². The third-order valence-corrected chi connectivity index (χ3v) is 6.85. The molecule has 5 nitrogen and oxygen atoms in total. The van der Waals surface area contributed by atoms with E-state index < -0.39 is 0 Å². The third-order valence-electron chi connectivity index (χ3n) is 5.58. The SMILES string of the molecule is O=C1Nc2ccccc2SC1CC(=O)N1CCC2(CCNC2)CC1. The summed E-state index contributed by atoms with van der Waals surface area (Å²) in [6, 6.07) is 7.77. The Morgan fingerprint density at radius 2 is 2.04 bits per heavy atom. The number of benzene rings is 1. The topological polar surface area (TPSA) is 61.4 Å². The minimum atomic E-state index is -0.323. The maximum absolute atomic E-state index is 12.6. The number of thioether (sulfide) groups is 1. The van der Waals surface area contributed by atoms with E-state index in [0.29, 0.717) is 5.41 Å². The van der Waals surface area contributed by atoms with Crippen LogP contribution in [0.2, 0.25) is 0 Å². The van der Waals surface area contributed by atoms with Crippen molar-refractivity contribution in [1.29, 1.82) is 0 Å². The largest absolute Gasteiger partial charge is 0.343 e. The van der Waals surface area contributed by atoms with Gasteiger partial charge >= 0.3 is 0 Å². The predicted octanol–water partition coefficient (Wildman–Crippen LogP) is 2.09. The van der Waals surface area contributed by atoms with E-state index in [2.05, 4.69) is 10.6 Å². The first-order chi connectivity index (χ1) is 11.7. The molecule has 3 aliphatic rings. The Hall–Kier alpha value is -1.53. The molecule has 3 heterocycles. The van der Waals surface area contributed by atoms with E-state index in [4.69, 9.17) is 0 Å². The fourth-order valence-electron chi connectivity index (χ4n) is 3.97. The van der Waals surface area contributed by atoms with Crippen molar-refractivity contribution in [1.82, 2.24) is 10.2 Å². The van der Waals surface area contributed by atoms with Crippen molar-refractivity contribution in [2.45, 2.75) is 35.8 Å². The van der Waals surface area contributed by atoms with E-state index in [-0.39, 0.29) is 23.5 Å². The van der Waals surface area contributed by atoms with Crippen LogP contribution in [0.4, 0.5) is 5.69 Å². The van der Waals surface area contributed by atoms with Gasteiger partial charge in [0.1, 0.15) is 0 Å². The van der Waals surface area contributed by atoms with E-state index in [1.54, 1.807) is 0 Å². The fraction of sp³-hybridized carbons (Fsp3) is 0.556. The Balaban J connectivity index is 1.36. The molecule has 4 rings (SSSR count). The highest BCUT2D eigenvalue weighted by Gasteiger charge is 2.39. The maximum atomic E-state index is 12.6. The van der Waals surface area contributed by atoms with Gasteiger partial charge in [0.05, 0.1) is 10.9 Å². The Kier molecular flexibility index (Phi) is 4.26. The zero-order chi connectivity index (χ0) is 16.6. The second kappa shape index (κ2) is 6.41. The monoisotopic (exact) mass is 345 g/mol. The zero-order valence-electron chi connectivity index (χ0n) is 13.7. The number of para-hydroxylation sites is 1. The summed E-state index contributed by atoms with van der Waals surface area (Å²) in [6.45, 7) is 3.85. The number of likely N-dealkylation sites (tertiary alicyclic amines) is 1. The molecule has 2 fully saturated rings. The number of nitrogens with zero attached hydrogens (tertiary/aromatic N) is 1. The van der Waals surface area contributed by atoms with Crippen molar-refractivity contribution >= 4 is 29.3 Å².